The lowest BCUT2D eigenvalue weighted by atomic mass is 10.0. The molecule has 1 atom stereocenters. The highest BCUT2D eigenvalue weighted by Gasteiger charge is 2.25. The van der Waals surface area contributed by atoms with Gasteiger partial charge in [0, 0.05) is 51.0 Å². The second-order valence-electron chi connectivity index (χ2n) is 9.95. The minimum absolute atomic E-state index is 0. The van der Waals surface area contributed by atoms with Crippen LogP contribution in [0.1, 0.15) is 48.6 Å². The Hall–Kier alpha value is -2.30. The van der Waals surface area contributed by atoms with Crippen molar-refractivity contribution in [3.8, 4) is 5.75 Å². The van der Waals surface area contributed by atoms with E-state index in [1.165, 1.54) is 31.5 Å². The van der Waals surface area contributed by atoms with Crippen LogP contribution < -0.4 is 20.5 Å². The minimum atomic E-state index is -0.135. The van der Waals surface area contributed by atoms with Gasteiger partial charge in [-0.3, -0.25) is 9.78 Å². The number of H-pyrrole nitrogens is 1. The quantitative estimate of drug-likeness (QED) is 0.410. The highest BCUT2D eigenvalue weighted by atomic mass is 35.5. The number of fused-ring (bicyclic) bond motifs is 2. The smallest absolute Gasteiger partial charge is 0.260 e. The lowest BCUT2D eigenvalue weighted by Crippen LogP contribution is -2.34. The van der Waals surface area contributed by atoms with Crippen molar-refractivity contribution >= 4 is 59.9 Å². The summed E-state index contributed by atoms with van der Waals surface area (Å²) in [5.74, 6) is 2.21. The van der Waals surface area contributed by atoms with E-state index in [-0.39, 0.29) is 48.9 Å². The molecule has 0 aliphatic carbocycles. The summed E-state index contributed by atoms with van der Waals surface area (Å²) in [6, 6.07) is 7.95. The summed E-state index contributed by atoms with van der Waals surface area (Å²) in [7, 11) is 1.64. The average molecular weight is 600 g/mol. The number of hydrogen-bond acceptors (Lipinski definition) is 8. The first-order valence-corrected chi connectivity index (χ1v) is 13.1. The van der Waals surface area contributed by atoms with Crippen LogP contribution in [0.25, 0.3) is 10.9 Å². The van der Waals surface area contributed by atoms with Gasteiger partial charge in [-0.1, -0.05) is 6.07 Å². The summed E-state index contributed by atoms with van der Waals surface area (Å²) < 4.78 is 11.4. The fourth-order valence-corrected chi connectivity index (χ4v) is 5.65. The second-order valence-corrected chi connectivity index (χ2v) is 9.95. The Labute approximate surface area is 247 Å². The van der Waals surface area contributed by atoms with Crippen molar-refractivity contribution in [3.05, 3.63) is 51.4 Å². The number of pyridine rings is 1. The topological polar surface area (TPSA) is 95.6 Å². The maximum absolute atomic E-state index is 13.3. The summed E-state index contributed by atoms with van der Waals surface area (Å²) in [5.41, 5.74) is 3.65. The zero-order valence-corrected chi connectivity index (χ0v) is 24.6. The second kappa shape index (κ2) is 13.9. The van der Waals surface area contributed by atoms with Gasteiger partial charge in [-0.25, -0.2) is 9.97 Å². The number of nitrogens with zero attached hydrogens (tertiary/aromatic N) is 4. The largest absolute Gasteiger partial charge is 0.497 e. The molecule has 0 radical (unpaired) electrons. The van der Waals surface area contributed by atoms with Gasteiger partial charge in [0.15, 0.2) is 0 Å². The van der Waals surface area contributed by atoms with Crippen molar-refractivity contribution in [1.82, 2.24) is 19.9 Å². The molecule has 2 saturated heterocycles. The highest BCUT2D eigenvalue weighted by molar-refractivity contribution is 5.86. The molecule has 214 valence electrons. The SMILES string of the molecule is COc1cc(C2CCCO2)c2c(=O)[nH]c(N3CCc4nc(NCCN5CCCC5)ccc4C3)nc2c1.Cl.Cl.Cl. The number of likely N-dealkylation sites (tertiary alicyclic amines) is 1. The predicted octanol–water partition coefficient (Wildman–Crippen LogP) is 4.51. The molecular weight excluding hydrogens is 563 g/mol. The zero-order valence-electron chi connectivity index (χ0n) is 22.1. The summed E-state index contributed by atoms with van der Waals surface area (Å²) >= 11 is 0. The van der Waals surface area contributed by atoms with Gasteiger partial charge in [0.2, 0.25) is 5.95 Å². The number of rotatable bonds is 7. The van der Waals surface area contributed by atoms with Crippen LogP contribution in [0.2, 0.25) is 0 Å². The summed E-state index contributed by atoms with van der Waals surface area (Å²) in [4.78, 5) is 30.7. The van der Waals surface area contributed by atoms with E-state index in [9.17, 15) is 4.79 Å². The lowest BCUT2D eigenvalue weighted by molar-refractivity contribution is 0.113. The number of methoxy groups -OCH3 is 1. The van der Waals surface area contributed by atoms with Crippen LogP contribution in [0.5, 0.6) is 5.75 Å². The Morgan fingerprint density at radius 1 is 1.10 bits per heavy atom. The van der Waals surface area contributed by atoms with Crippen molar-refractivity contribution in [1.29, 1.82) is 0 Å². The average Bonchev–Trinajstić information content (AvgIpc) is 3.62. The number of aromatic nitrogens is 3. The third-order valence-electron chi connectivity index (χ3n) is 7.59. The van der Waals surface area contributed by atoms with Gasteiger partial charge in [-0.15, -0.1) is 37.2 Å². The molecule has 0 amide bonds. The number of anilines is 2. The minimum Gasteiger partial charge on any atom is -0.497 e. The van der Waals surface area contributed by atoms with Gasteiger partial charge in [-0.2, -0.15) is 0 Å². The molecule has 0 bridgehead atoms. The van der Waals surface area contributed by atoms with Crippen molar-refractivity contribution < 1.29 is 9.47 Å². The van der Waals surface area contributed by atoms with Crippen LogP contribution in [-0.2, 0) is 17.7 Å². The van der Waals surface area contributed by atoms with Gasteiger partial charge in [0.25, 0.3) is 5.56 Å². The predicted molar refractivity (Wildman–Crippen MR) is 162 cm³/mol. The first kappa shape index (κ1) is 31.2. The Kier molecular flexibility index (Phi) is 11.1. The number of halogens is 3. The Bertz CT molecular complexity index is 1310. The molecule has 3 aliphatic heterocycles. The molecule has 9 nitrogen and oxygen atoms in total. The van der Waals surface area contributed by atoms with Crippen molar-refractivity contribution in [3.63, 3.8) is 0 Å². The molecular formula is C27H37Cl3N6O3. The van der Waals surface area contributed by atoms with Crippen LogP contribution in [0.15, 0.2) is 29.1 Å². The van der Waals surface area contributed by atoms with Gasteiger partial charge in [0.05, 0.1) is 24.1 Å². The zero-order chi connectivity index (χ0) is 24.5. The van der Waals surface area contributed by atoms with E-state index in [4.69, 9.17) is 19.4 Å². The molecule has 0 saturated carbocycles. The first-order valence-electron chi connectivity index (χ1n) is 13.1. The molecule has 3 aromatic rings. The van der Waals surface area contributed by atoms with E-state index >= 15 is 0 Å². The highest BCUT2D eigenvalue weighted by Crippen LogP contribution is 2.35. The molecule has 0 spiro atoms. The summed E-state index contributed by atoms with van der Waals surface area (Å²) in [5, 5.41) is 4.08. The Balaban J connectivity index is 0.00000140. The molecule has 12 heteroatoms. The van der Waals surface area contributed by atoms with Gasteiger partial charge >= 0.3 is 0 Å². The third kappa shape index (κ3) is 6.72. The molecule has 1 unspecified atom stereocenters. The monoisotopic (exact) mass is 598 g/mol. The summed E-state index contributed by atoms with van der Waals surface area (Å²) in [6.45, 7) is 6.51. The van der Waals surface area contributed by atoms with E-state index in [2.05, 4.69) is 32.2 Å². The lowest BCUT2D eigenvalue weighted by Gasteiger charge is -2.29. The fourth-order valence-electron chi connectivity index (χ4n) is 5.65. The van der Waals surface area contributed by atoms with E-state index in [0.29, 0.717) is 35.8 Å². The first-order chi connectivity index (χ1) is 17.7. The molecule has 3 aliphatic rings. The van der Waals surface area contributed by atoms with Crippen LogP contribution >= 0.6 is 37.2 Å². The van der Waals surface area contributed by atoms with Crippen LogP contribution in [0.3, 0.4) is 0 Å². The fraction of sp³-hybridized carbons (Fsp3) is 0.519. The molecule has 5 heterocycles. The maximum atomic E-state index is 13.3. The van der Waals surface area contributed by atoms with E-state index < -0.39 is 0 Å². The number of hydrogen-bond donors (Lipinski definition) is 2. The van der Waals surface area contributed by atoms with Gasteiger partial charge in [-0.05, 0) is 62.0 Å². The van der Waals surface area contributed by atoms with Gasteiger partial charge in [0.1, 0.15) is 11.6 Å². The number of ether oxygens (including phenoxy) is 2. The van der Waals surface area contributed by atoms with Crippen molar-refractivity contribution in [2.24, 2.45) is 0 Å². The number of nitrogens with one attached hydrogen (secondary N) is 2. The van der Waals surface area contributed by atoms with Crippen molar-refractivity contribution in [2.45, 2.75) is 44.8 Å². The number of aromatic amines is 1. The summed E-state index contributed by atoms with van der Waals surface area (Å²) in [6.07, 6.45) is 5.22. The molecule has 2 aromatic heterocycles. The molecule has 2 fully saturated rings. The standard InChI is InChI=1S/C27H34N6O3.3ClH/c1-35-19-15-20(23-5-4-14-36-23)25-22(16-19)30-27(31-26(25)34)33-12-8-21-18(17-33)6-7-24(29-21)28-9-13-32-10-2-3-11-32;;;/h6-7,15-16,23H,2-5,8-14,17H2,1H3,(H,28,29)(H,30,31,34);3*1H. The van der Waals surface area contributed by atoms with E-state index in [1.807, 2.05) is 12.1 Å². The van der Waals surface area contributed by atoms with Crippen LogP contribution in [-0.4, -0.2) is 66.3 Å². The molecule has 6 rings (SSSR count). The Morgan fingerprint density at radius 2 is 1.92 bits per heavy atom. The molecule has 39 heavy (non-hydrogen) atoms. The normalized spacial score (nSPS) is 18.6. The van der Waals surface area contributed by atoms with Crippen LogP contribution in [0.4, 0.5) is 11.8 Å². The van der Waals surface area contributed by atoms with Crippen LogP contribution in [0, 0.1) is 0 Å². The van der Waals surface area contributed by atoms with Gasteiger partial charge < -0.3 is 24.6 Å². The maximum Gasteiger partial charge on any atom is 0.260 e. The van der Waals surface area contributed by atoms with E-state index in [0.717, 1.165) is 56.0 Å². The third-order valence-corrected chi connectivity index (χ3v) is 7.59. The molecule has 2 N–H and O–H groups in total. The van der Waals surface area contributed by atoms with Crippen molar-refractivity contribution in [2.75, 3.05) is 56.7 Å². The van der Waals surface area contributed by atoms with E-state index in [1.54, 1.807) is 7.11 Å². The number of benzene rings is 1. The Morgan fingerprint density at radius 3 is 2.67 bits per heavy atom. The molecule has 1 aromatic carbocycles.